The zero-order chi connectivity index (χ0) is 14.8. The van der Waals surface area contributed by atoms with Gasteiger partial charge in [0.25, 0.3) is 0 Å². The molecule has 110 valence electrons. The number of hydrogen-bond acceptors (Lipinski definition) is 3. The van der Waals surface area contributed by atoms with Crippen LogP contribution in [0.1, 0.15) is 5.56 Å². The number of hydrogen-bond donors (Lipinski definition) is 1. The Morgan fingerprint density at radius 2 is 1.81 bits per heavy atom. The number of fused-ring (bicyclic) bond motifs is 1. The van der Waals surface area contributed by atoms with E-state index in [1.54, 1.807) is 6.07 Å². The summed E-state index contributed by atoms with van der Waals surface area (Å²) in [5.74, 6) is 0.297. The summed E-state index contributed by atoms with van der Waals surface area (Å²) in [7, 11) is 2.07. The standard InChI is InChI=1S/C17H20N2O2/c1-18-8-10-19(11-9-18)17(21)12-15-14-5-3-2-4-13(14)6-7-16(15)20/h2-7,20H,8-12H2,1H3. The fourth-order valence-corrected chi connectivity index (χ4v) is 2.83. The Hall–Kier alpha value is -2.07. The SMILES string of the molecule is CN1CCN(C(=O)Cc2c(O)ccc3ccccc23)CC1. The van der Waals surface area contributed by atoms with Crippen LogP contribution in [0.4, 0.5) is 0 Å². The molecular formula is C17H20N2O2. The lowest BCUT2D eigenvalue weighted by Crippen LogP contribution is -2.47. The summed E-state index contributed by atoms with van der Waals surface area (Å²) in [6.45, 7) is 3.35. The zero-order valence-electron chi connectivity index (χ0n) is 12.2. The number of rotatable bonds is 2. The molecule has 0 aromatic heterocycles. The molecule has 1 aliphatic heterocycles. The number of phenolic OH excluding ortho intramolecular Hbond substituents is 1. The molecule has 3 rings (SSSR count). The Balaban J connectivity index is 1.84. The van der Waals surface area contributed by atoms with E-state index in [2.05, 4.69) is 11.9 Å². The van der Waals surface area contributed by atoms with Crippen LogP contribution in [0.15, 0.2) is 36.4 Å². The first-order valence-electron chi connectivity index (χ1n) is 7.31. The van der Waals surface area contributed by atoms with Gasteiger partial charge >= 0.3 is 0 Å². The first-order chi connectivity index (χ1) is 10.1. The molecular weight excluding hydrogens is 264 g/mol. The summed E-state index contributed by atoms with van der Waals surface area (Å²) >= 11 is 0. The molecule has 2 aromatic carbocycles. The number of piperazine rings is 1. The Morgan fingerprint density at radius 1 is 1.10 bits per heavy atom. The van der Waals surface area contributed by atoms with E-state index in [9.17, 15) is 9.90 Å². The lowest BCUT2D eigenvalue weighted by molar-refractivity contribution is -0.132. The van der Waals surface area contributed by atoms with Gasteiger partial charge in [-0.2, -0.15) is 0 Å². The van der Waals surface area contributed by atoms with Crippen LogP contribution in [-0.2, 0) is 11.2 Å². The zero-order valence-corrected chi connectivity index (χ0v) is 12.2. The Labute approximate surface area is 124 Å². The number of carbonyl (C=O) groups is 1. The van der Waals surface area contributed by atoms with Crippen LogP contribution in [0.2, 0.25) is 0 Å². The molecule has 21 heavy (non-hydrogen) atoms. The average molecular weight is 284 g/mol. The predicted octanol–water partition coefficient (Wildman–Crippen LogP) is 1.86. The second-order valence-electron chi connectivity index (χ2n) is 5.65. The minimum atomic E-state index is 0.0924. The van der Waals surface area contributed by atoms with Crippen molar-refractivity contribution in [3.8, 4) is 5.75 Å². The maximum Gasteiger partial charge on any atom is 0.227 e. The van der Waals surface area contributed by atoms with E-state index in [1.807, 2.05) is 35.2 Å². The topological polar surface area (TPSA) is 43.8 Å². The van der Waals surface area contributed by atoms with Gasteiger partial charge in [-0.15, -0.1) is 0 Å². The number of carbonyl (C=O) groups excluding carboxylic acids is 1. The van der Waals surface area contributed by atoms with Crippen molar-refractivity contribution in [1.82, 2.24) is 9.80 Å². The molecule has 1 fully saturated rings. The van der Waals surface area contributed by atoms with Crippen molar-refractivity contribution in [1.29, 1.82) is 0 Å². The number of likely N-dealkylation sites (N-methyl/N-ethyl adjacent to an activating group) is 1. The summed E-state index contributed by atoms with van der Waals surface area (Å²) in [6.07, 6.45) is 0.261. The normalized spacial score (nSPS) is 16.3. The fraction of sp³-hybridized carbons (Fsp3) is 0.353. The van der Waals surface area contributed by atoms with Gasteiger partial charge in [0, 0.05) is 31.7 Å². The molecule has 1 saturated heterocycles. The molecule has 2 aromatic rings. The van der Waals surface area contributed by atoms with Gasteiger partial charge in [-0.1, -0.05) is 30.3 Å². The van der Waals surface area contributed by atoms with E-state index >= 15 is 0 Å². The number of phenols is 1. The van der Waals surface area contributed by atoms with Gasteiger partial charge in [-0.25, -0.2) is 0 Å². The predicted molar refractivity (Wildman–Crippen MR) is 83.4 cm³/mol. The molecule has 1 amide bonds. The van der Waals surface area contributed by atoms with Crippen LogP contribution >= 0.6 is 0 Å². The van der Waals surface area contributed by atoms with Crippen LogP contribution in [0.25, 0.3) is 10.8 Å². The molecule has 0 unspecified atom stereocenters. The van der Waals surface area contributed by atoms with Gasteiger partial charge in [0.2, 0.25) is 5.91 Å². The van der Waals surface area contributed by atoms with E-state index in [0.717, 1.165) is 42.5 Å². The summed E-state index contributed by atoms with van der Waals surface area (Å²) < 4.78 is 0. The number of amides is 1. The van der Waals surface area contributed by atoms with Crippen molar-refractivity contribution < 1.29 is 9.90 Å². The number of benzene rings is 2. The van der Waals surface area contributed by atoms with Crippen molar-refractivity contribution in [2.75, 3.05) is 33.2 Å². The first kappa shape index (κ1) is 13.9. The highest BCUT2D eigenvalue weighted by Crippen LogP contribution is 2.28. The lowest BCUT2D eigenvalue weighted by Gasteiger charge is -2.32. The largest absolute Gasteiger partial charge is 0.508 e. The van der Waals surface area contributed by atoms with Crippen LogP contribution < -0.4 is 0 Å². The van der Waals surface area contributed by atoms with Crippen molar-refractivity contribution in [2.45, 2.75) is 6.42 Å². The molecule has 0 aliphatic carbocycles. The quantitative estimate of drug-likeness (QED) is 0.915. The monoisotopic (exact) mass is 284 g/mol. The van der Waals surface area contributed by atoms with Crippen molar-refractivity contribution in [2.24, 2.45) is 0 Å². The fourth-order valence-electron chi connectivity index (χ4n) is 2.83. The van der Waals surface area contributed by atoms with E-state index in [0.29, 0.717) is 0 Å². The van der Waals surface area contributed by atoms with Crippen molar-refractivity contribution >= 4 is 16.7 Å². The van der Waals surface area contributed by atoms with Crippen LogP contribution in [0.5, 0.6) is 5.75 Å². The molecule has 0 radical (unpaired) electrons. The Bertz CT molecular complexity index is 661. The summed E-state index contributed by atoms with van der Waals surface area (Å²) in [5, 5.41) is 12.1. The molecule has 4 heteroatoms. The van der Waals surface area contributed by atoms with E-state index in [-0.39, 0.29) is 18.1 Å². The maximum absolute atomic E-state index is 12.5. The van der Waals surface area contributed by atoms with Crippen molar-refractivity contribution in [3.05, 3.63) is 42.0 Å². The summed E-state index contributed by atoms with van der Waals surface area (Å²) in [4.78, 5) is 16.6. The summed E-state index contributed by atoms with van der Waals surface area (Å²) in [6, 6.07) is 11.4. The van der Waals surface area contributed by atoms with Gasteiger partial charge in [0.05, 0.1) is 6.42 Å². The molecule has 1 heterocycles. The molecule has 0 spiro atoms. The Kier molecular flexibility index (Phi) is 3.80. The minimum absolute atomic E-state index is 0.0924. The van der Waals surface area contributed by atoms with E-state index in [4.69, 9.17) is 0 Å². The van der Waals surface area contributed by atoms with Crippen molar-refractivity contribution in [3.63, 3.8) is 0 Å². The molecule has 1 N–H and O–H groups in total. The molecule has 1 aliphatic rings. The molecule has 0 saturated carbocycles. The lowest BCUT2D eigenvalue weighted by atomic mass is 10.0. The van der Waals surface area contributed by atoms with Crippen LogP contribution in [-0.4, -0.2) is 54.0 Å². The van der Waals surface area contributed by atoms with E-state index in [1.165, 1.54) is 0 Å². The third kappa shape index (κ3) is 2.85. The smallest absolute Gasteiger partial charge is 0.227 e. The van der Waals surface area contributed by atoms with Gasteiger partial charge < -0.3 is 14.9 Å². The third-order valence-corrected chi connectivity index (χ3v) is 4.20. The highest BCUT2D eigenvalue weighted by Gasteiger charge is 2.21. The van der Waals surface area contributed by atoms with Gasteiger partial charge in [0.1, 0.15) is 5.75 Å². The minimum Gasteiger partial charge on any atom is -0.508 e. The number of nitrogens with zero attached hydrogens (tertiary/aromatic N) is 2. The molecule has 4 nitrogen and oxygen atoms in total. The highest BCUT2D eigenvalue weighted by molar-refractivity contribution is 5.92. The van der Waals surface area contributed by atoms with Gasteiger partial charge in [0.15, 0.2) is 0 Å². The molecule has 0 atom stereocenters. The average Bonchev–Trinajstić information content (AvgIpc) is 2.51. The van der Waals surface area contributed by atoms with Crippen LogP contribution in [0.3, 0.4) is 0 Å². The first-order valence-corrected chi connectivity index (χ1v) is 7.31. The molecule has 0 bridgehead atoms. The van der Waals surface area contributed by atoms with E-state index < -0.39 is 0 Å². The highest BCUT2D eigenvalue weighted by atomic mass is 16.3. The second-order valence-corrected chi connectivity index (χ2v) is 5.65. The Morgan fingerprint density at radius 3 is 2.57 bits per heavy atom. The third-order valence-electron chi connectivity index (χ3n) is 4.20. The second kappa shape index (κ2) is 5.74. The van der Waals surface area contributed by atoms with Crippen LogP contribution in [0, 0.1) is 0 Å². The summed E-state index contributed by atoms with van der Waals surface area (Å²) in [5.41, 5.74) is 0.733. The van der Waals surface area contributed by atoms with Gasteiger partial charge in [-0.3, -0.25) is 4.79 Å². The number of aromatic hydroxyl groups is 1. The van der Waals surface area contributed by atoms with Gasteiger partial charge in [-0.05, 0) is 23.9 Å². The maximum atomic E-state index is 12.5.